The SMILES string of the molecule is CCC(SC(C)=O)(C(=O)O)n1c(O)ccc1O. The molecule has 0 saturated carbocycles. The van der Waals surface area contributed by atoms with Crippen LogP contribution in [0.25, 0.3) is 0 Å². The van der Waals surface area contributed by atoms with Crippen LogP contribution in [0.4, 0.5) is 0 Å². The Labute approximate surface area is 102 Å². The molecule has 0 fully saturated rings. The van der Waals surface area contributed by atoms with Gasteiger partial charge in [-0.25, -0.2) is 4.79 Å². The number of carbonyl (C=O) groups is 2. The lowest BCUT2D eigenvalue weighted by molar-refractivity contribution is -0.143. The van der Waals surface area contributed by atoms with E-state index in [4.69, 9.17) is 0 Å². The fourth-order valence-corrected chi connectivity index (χ4v) is 2.58. The molecule has 0 amide bonds. The smallest absolute Gasteiger partial charge is 0.341 e. The van der Waals surface area contributed by atoms with Gasteiger partial charge in [0.2, 0.25) is 4.87 Å². The van der Waals surface area contributed by atoms with Gasteiger partial charge in [-0.05, 0) is 18.2 Å². The molecule has 0 aliphatic heterocycles. The molecule has 94 valence electrons. The molecule has 1 rings (SSSR count). The first kappa shape index (κ1) is 13.4. The summed E-state index contributed by atoms with van der Waals surface area (Å²) in [6, 6.07) is 2.34. The van der Waals surface area contributed by atoms with E-state index in [9.17, 15) is 24.9 Å². The Hall–Kier alpha value is -1.63. The second-order valence-corrected chi connectivity index (χ2v) is 4.88. The number of hydrogen-bond acceptors (Lipinski definition) is 5. The van der Waals surface area contributed by atoms with Gasteiger partial charge < -0.3 is 15.3 Å². The first-order chi connectivity index (χ1) is 7.85. The normalized spacial score (nSPS) is 14.2. The highest BCUT2D eigenvalue weighted by Gasteiger charge is 2.44. The zero-order valence-corrected chi connectivity index (χ0v) is 10.2. The lowest BCUT2D eigenvalue weighted by Gasteiger charge is -2.29. The zero-order chi connectivity index (χ0) is 13.2. The Bertz CT molecular complexity index is 436. The van der Waals surface area contributed by atoms with Crippen LogP contribution in [0.5, 0.6) is 11.8 Å². The van der Waals surface area contributed by atoms with E-state index in [1.807, 2.05) is 0 Å². The minimum atomic E-state index is -1.73. The Morgan fingerprint density at radius 3 is 2.12 bits per heavy atom. The predicted octanol–water partition coefficient (Wildman–Crippen LogP) is 1.33. The van der Waals surface area contributed by atoms with E-state index in [-0.39, 0.29) is 6.42 Å². The number of rotatable bonds is 4. The monoisotopic (exact) mass is 259 g/mol. The Balaban J connectivity index is 3.42. The van der Waals surface area contributed by atoms with Crippen LogP contribution in [0.2, 0.25) is 0 Å². The molecule has 0 spiro atoms. The van der Waals surface area contributed by atoms with Crippen molar-refractivity contribution < 1.29 is 24.9 Å². The Morgan fingerprint density at radius 1 is 1.35 bits per heavy atom. The summed E-state index contributed by atoms with van der Waals surface area (Å²) in [6.45, 7) is 2.79. The minimum absolute atomic E-state index is 0.0301. The van der Waals surface area contributed by atoms with Gasteiger partial charge in [0, 0.05) is 19.1 Å². The maximum Gasteiger partial charge on any atom is 0.341 e. The Kier molecular flexibility index (Phi) is 3.72. The minimum Gasteiger partial charge on any atom is -0.494 e. The molecule has 0 aliphatic carbocycles. The van der Waals surface area contributed by atoms with Crippen LogP contribution >= 0.6 is 11.8 Å². The topological polar surface area (TPSA) is 99.8 Å². The largest absolute Gasteiger partial charge is 0.494 e. The van der Waals surface area contributed by atoms with Crippen LogP contribution in [0, 0.1) is 0 Å². The highest BCUT2D eigenvalue weighted by Crippen LogP contribution is 2.42. The molecule has 7 heteroatoms. The van der Waals surface area contributed by atoms with Gasteiger partial charge in [0.1, 0.15) is 0 Å². The van der Waals surface area contributed by atoms with Gasteiger partial charge in [0.25, 0.3) is 0 Å². The van der Waals surface area contributed by atoms with Gasteiger partial charge in [-0.2, -0.15) is 0 Å². The second-order valence-electron chi connectivity index (χ2n) is 3.42. The van der Waals surface area contributed by atoms with E-state index in [0.29, 0.717) is 11.8 Å². The van der Waals surface area contributed by atoms with Crippen molar-refractivity contribution in [1.82, 2.24) is 4.57 Å². The van der Waals surface area contributed by atoms with Crippen LogP contribution in [0.15, 0.2) is 12.1 Å². The molecule has 1 aromatic rings. The molecule has 17 heavy (non-hydrogen) atoms. The van der Waals surface area contributed by atoms with E-state index >= 15 is 0 Å². The van der Waals surface area contributed by atoms with Gasteiger partial charge in [0.05, 0.1) is 0 Å². The van der Waals surface area contributed by atoms with Crippen LogP contribution in [-0.4, -0.2) is 31.0 Å². The summed E-state index contributed by atoms with van der Waals surface area (Å²) in [6.07, 6.45) is 0.0301. The van der Waals surface area contributed by atoms with Gasteiger partial charge in [-0.15, -0.1) is 0 Å². The molecule has 0 saturated heterocycles. The number of nitrogens with zero attached hydrogens (tertiary/aromatic N) is 1. The van der Waals surface area contributed by atoms with Crippen LogP contribution in [0.1, 0.15) is 20.3 Å². The molecule has 6 nitrogen and oxygen atoms in total. The average Bonchev–Trinajstić information content (AvgIpc) is 2.55. The van der Waals surface area contributed by atoms with Crippen molar-refractivity contribution in [3.05, 3.63) is 12.1 Å². The van der Waals surface area contributed by atoms with Crippen molar-refractivity contribution >= 4 is 22.8 Å². The summed E-state index contributed by atoms with van der Waals surface area (Å²) in [4.78, 5) is 20.8. The summed E-state index contributed by atoms with van der Waals surface area (Å²) in [5.41, 5.74) is 0. The highest BCUT2D eigenvalue weighted by atomic mass is 32.2. The maximum absolute atomic E-state index is 11.4. The van der Waals surface area contributed by atoms with Gasteiger partial charge in [-0.3, -0.25) is 9.36 Å². The molecule has 0 aromatic carbocycles. The third-order valence-electron chi connectivity index (χ3n) is 2.33. The molecule has 1 atom stereocenters. The van der Waals surface area contributed by atoms with Gasteiger partial charge in [0.15, 0.2) is 16.9 Å². The number of carboxylic acid groups (broad SMARTS) is 1. The van der Waals surface area contributed by atoms with Gasteiger partial charge in [-0.1, -0.05) is 6.92 Å². The van der Waals surface area contributed by atoms with E-state index < -0.39 is 27.7 Å². The third-order valence-corrected chi connectivity index (χ3v) is 3.60. The van der Waals surface area contributed by atoms with E-state index in [2.05, 4.69) is 0 Å². The van der Waals surface area contributed by atoms with E-state index in [1.54, 1.807) is 6.92 Å². The van der Waals surface area contributed by atoms with Gasteiger partial charge >= 0.3 is 5.97 Å². The number of aromatic nitrogens is 1. The number of carbonyl (C=O) groups excluding carboxylic acids is 1. The van der Waals surface area contributed by atoms with Crippen LogP contribution in [0.3, 0.4) is 0 Å². The molecule has 1 aromatic heterocycles. The molecule has 0 bridgehead atoms. The number of hydrogen-bond donors (Lipinski definition) is 3. The lowest BCUT2D eigenvalue weighted by atomic mass is 10.2. The summed E-state index contributed by atoms with van der Waals surface area (Å²) < 4.78 is 0.835. The summed E-state index contributed by atoms with van der Waals surface area (Å²) in [5.74, 6) is -2.11. The van der Waals surface area contributed by atoms with E-state index in [0.717, 1.165) is 4.57 Å². The summed E-state index contributed by atoms with van der Waals surface area (Å²) in [5, 5.41) is 28.0. The van der Waals surface area contributed by atoms with Crippen molar-refractivity contribution in [3.8, 4) is 11.8 Å². The first-order valence-electron chi connectivity index (χ1n) is 4.88. The molecular weight excluding hydrogens is 246 g/mol. The lowest BCUT2D eigenvalue weighted by Crippen LogP contribution is -2.38. The van der Waals surface area contributed by atoms with Crippen molar-refractivity contribution in [2.45, 2.75) is 25.1 Å². The molecule has 3 N–H and O–H groups in total. The Morgan fingerprint density at radius 2 is 1.82 bits per heavy atom. The second kappa shape index (κ2) is 4.70. The number of aromatic hydroxyl groups is 2. The number of aliphatic carboxylic acids is 1. The van der Waals surface area contributed by atoms with Crippen LogP contribution in [-0.2, 0) is 14.5 Å². The third kappa shape index (κ3) is 2.23. The first-order valence-corrected chi connectivity index (χ1v) is 5.70. The average molecular weight is 259 g/mol. The summed E-state index contributed by atoms with van der Waals surface area (Å²) in [7, 11) is 0. The summed E-state index contributed by atoms with van der Waals surface area (Å²) >= 11 is 0.546. The molecule has 1 unspecified atom stereocenters. The number of carboxylic acids is 1. The standard InChI is InChI=1S/C10H13NO5S/c1-3-10(9(15)16,17-6(2)12)11-7(13)4-5-8(11)14/h4-5,13-14H,3H2,1-2H3,(H,15,16). The fourth-order valence-electron chi connectivity index (χ4n) is 1.59. The fraction of sp³-hybridized carbons (Fsp3) is 0.400. The van der Waals surface area contributed by atoms with Crippen molar-refractivity contribution in [3.63, 3.8) is 0 Å². The number of thioether (sulfide) groups is 1. The van der Waals surface area contributed by atoms with Crippen LogP contribution < -0.4 is 0 Å². The van der Waals surface area contributed by atoms with Crippen molar-refractivity contribution in [2.75, 3.05) is 0 Å². The zero-order valence-electron chi connectivity index (χ0n) is 9.38. The highest BCUT2D eigenvalue weighted by molar-refractivity contribution is 8.14. The van der Waals surface area contributed by atoms with E-state index in [1.165, 1.54) is 19.1 Å². The molecular formula is C10H13NO5S. The molecule has 0 radical (unpaired) electrons. The quantitative estimate of drug-likeness (QED) is 0.754. The van der Waals surface area contributed by atoms with Crippen molar-refractivity contribution in [2.24, 2.45) is 0 Å². The van der Waals surface area contributed by atoms with Crippen molar-refractivity contribution in [1.29, 1.82) is 0 Å². The maximum atomic E-state index is 11.4. The molecule has 1 heterocycles. The predicted molar refractivity (Wildman–Crippen MR) is 61.9 cm³/mol. The molecule has 0 aliphatic rings.